The molecule has 0 atom stereocenters. The summed E-state index contributed by atoms with van der Waals surface area (Å²) in [5.41, 5.74) is -1.14. The van der Waals surface area contributed by atoms with Crippen LogP contribution in [0.1, 0.15) is 10.4 Å². The third kappa shape index (κ3) is 3.74. The van der Waals surface area contributed by atoms with Crippen molar-refractivity contribution >= 4 is 40.5 Å². The first kappa shape index (κ1) is 16.7. The molecule has 0 saturated carbocycles. The summed E-state index contributed by atoms with van der Waals surface area (Å²) in [6.45, 7) is 0. The van der Waals surface area contributed by atoms with Gasteiger partial charge in [0.15, 0.2) is 0 Å². The monoisotopic (exact) mass is 356 g/mol. The number of carbonyl (C=O) groups is 1. The quantitative estimate of drug-likeness (QED) is 0.353. The third-order valence-electron chi connectivity index (χ3n) is 2.71. The van der Waals surface area contributed by atoms with Crippen LogP contribution in [-0.4, -0.2) is 15.8 Å². The van der Waals surface area contributed by atoms with Crippen LogP contribution in [0.15, 0.2) is 36.4 Å². The number of rotatable bonds is 4. The number of nitro benzene ring substituents is 2. The lowest BCUT2D eigenvalue weighted by atomic mass is 10.2. The number of halogens is 2. The lowest BCUT2D eigenvalue weighted by molar-refractivity contribution is -0.385. The Hall–Kier alpha value is -2.71. The molecular weight excluding hydrogens is 351 g/mol. The van der Waals surface area contributed by atoms with Gasteiger partial charge in [-0.3, -0.25) is 20.2 Å². The van der Waals surface area contributed by atoms with Crippen LogP contribution in [0.3, 0.4) is 0 Å². The van der Waals surface area contributed by atoms with Gasteiger partial charge < -0.3 is 4.74 Å². The van der Waals surface area contributed by atoms with Crippen LogP contribution in [0.4, 0.5) is 11.4 Å². The predicted molar refractivity (Wildman–Crippen MR) is 81.2 cm³/mol. The van der Waals surface area contributed by atoms with Gasteiger partial charge in [-0.1, -0.05) is 23.2 Å². The minimum absolute atomic E-state index is 0.0848. The Kier molecular flexibility index (Phi) is 4.77. The molecule has 0 aliphatic rings. The number of benzene rings is 2. The number of nitrogens with zero attached hydrogens (tertiary/aromatic N) is 2. The van der Waals surface area contributed by atoms with Gasteiger partial charge >= 0.3 is 5.97 Å². The average molecular weight is 357 g/mol. The van der Waals surface area contributed by atoms with Crippen molar-refractivity contribution < 1.29 is 19.4 Å². The second-order valence-electron chi connectivity index (χ2n) is 4.18. The highest BCUT2D eigenvalue weighted by molar-refractivity contribution is 6.32. The molecular formula is C13H6Cl2N2O6. The molecule has 0 spiro atoms. The molecule has 2 aromatic carbocycles. The summed E-state index contributed by atoms with van der Waals surface area (Å²) >= 11 is 11.5. The van der Waals surface area contributed by atoms with Gasteiger partial charge in [-0.05, 0) is 18.2 Å². The fraction of sp³-hybridized carbons (Fsp3) is 0. The summed E-state index contributed by atoms with van der Waals surface area (Å²) in [5.74, 6) is -1.20. The smallest absolute Gasteiger partial charge is 0.350 e. The van der Waals surface area contributed by atoms with Crippen molar-refractivity contribution in [3.05, 3.63) is 72.2 Å². The molecule has 0 unspecified atom stereocenters. The highest BCUT2D eigenvalue weighted by Crippen LogP contribution is 2.30. The van der Waals surface area contributed by atoms with E-state index in [-0.39, 0.29) is 27.0 Å². The van der Waals surface area contributed by atoms with Crippen LogP contribution in [0, 0.1) is 20.2 Å². The summed E-state index contributed by atoms with van der Waals surface area (Å²) in [6.07, 6.45) is 0. The van der Waals surface area contributed by atoms with Crippen LogP contribution >= 0.6 is 23.2 Å². The average Bonchev–Trinajstić information content (AvgIpc) is 2.48. The van der Waals surface area contributed by atoms with E-state index in [0.29, 0.717) is 0 Å². The number of carbonyl (C=O) groups excluding carboxylic acids is 1. The number of non-ortho nitro benzene ring substituents is 1. The van der Waals surface area contributed by atoms with Gasteiger partial charge in [0.05, 0.1) is 14.9 Å². The van der Waals surface area contributed by atoms with Gasteiger partial charge in [0.1, 0.15) is 11.3 Å². The van der Waals surface area contributed by atoms with E-state index in [2.05, 4.69) is 0 Å². The van der Waals surface area contributed by atoms with E-state index in [4.69, 9.17) is 27.9 Å². The van der Waals surface area contributed by atoms with Crippen molar-refractivity contribution in [3.63, 3.8) is 0 Å². The molecule has 0 N–H and O–H groups in total. The Morgan fingerprint density at radius 1 is 1.00 bits per heavy atom. The molecule has 118 valence electrons. The fourth-order valence-electron chi connectivity index (χ4n) is 1.67. The number of nitro groups is 2. The number of esters is 1. The minimum atomic E-state index is -1.04. The third-order valence-corrected chi connectivity index (χ3v) is 3.24. The summed E-state index contributed by atoms with van der Waals surface area (Å²) in [5, 5.41) is 21.5. The van der Waals surface area contributed by atoms with Crippen molar-refractivity contribution in [1.82, 2.24) is 0 Å². The molecule has 2 rings (SSSR count). The molecule has 0 fully saturated rings. The predicted octanol–water partition coefficient (Wildman–Crippen LogP) is 4.03. The van der Waals surface area contributed by atoms with Gasteiger partial charge in [0, 0.05) is 23.2 Å². The van der Waals surface area contributed by atoms with Crippen LogP contribution in [0.2, 0.25) is 10.0 Å². The van der Waals surface area contributed by atoms with E-state index in [1.165, 1.54) is 6.07 Å². The van der Waals surface area contributed by atoms with Gasteiger partial charge in [-0.15, -0.1) is 0 Å². The minimum Gasteiger partial charge on any atom is -0.421 e. The zero-order valence-corrected chi connectivity index (χ0v) is 12.6. The largest absolute Gasteiger partial charge is 0.421 e. The second kappa shape index (κ2) is 6.59. The molecule has 0 aliphatic carbocycles. The zero-order chi connectivity index (χ0) is 17.1. The molecule has 0 saturated heterocycles. The molecule has 0 bridgehead atoms. The topological polar surface area (TPSA) is 113 Å². The molecule has 0 aliphatic heterocycles. The first-order chi connectivity index (χ1) is 10.8. The second-order valence-corrected chi connectivity index (χ2v) is 5.02. The van der Waals surface area contributed by atoms with Gasteiger partial charge in [-0.25, -0.2) is 4.79 Å². The Balaban J connectivity index is 2.33. The molecule has 0 amide bonds. The number of hydrogen-bond acceptors (Lipinski definition) is 6. The molecule has 8 nitrogen and oxygen atoms in total. The first-order valence-corrected chi connectivity index (χ1v) is 6.65. The first-order valence-electron chi connectivity index (χ1n) is 5.89. The SMILES string of the molecule is O=C(Oc1ccc([N+](=O)[O-])cc1Cl)c1ccc(Cl)cc1[N+](=O)[O-]. The van der Waals surface area contributed by atoms with Crippen molar-refractivity contribution in [3.8, 4) is 5.75 Å². The molecule has 23 heavy (non-hydrogen) atoms. The summed E-state index contributed by atoms with van der Waals surface area (Å²) in [6, 6.07) is 6.66. The van der Waals surface area contributed by atoms with E-state index in [1.807, 2.05) is 0 Å². The number of ether oxygens (including phenoxy) is 1. The highest BCUT2D eigenvalue weighted by Gasteiger charge is 2.23. The van der Waals surface area contributed by atoms with E-state index in [9.17, 15) is 25.0 Å². The van der Waals surface area contributed by atoms with E-state index in [1.54, 1.807) is 0 Å². The Morgan fingerprint density at radius 2 is 1.70 bits per heavy atom. The summed E-state index contributed by atoms with van der Waals surface area (Å²) < 4.78 is 4.96. The van der Waals surface area contributed by atoms with E-state index < -0.39 is 21.5 Å². The normalized spacial score (nSPS) is 10.2. The maximum absolute atomic E-state index is 12.1. The summed E-state index contributed by atoms with van der Waals surface area (Å²) in [4.78, 5) is 32.2. The van der Waals surface area contributed by atoms with Gasteiger partial charge in [0.25, 0.3) is 11.4 Å². The highest BCUT2D eigenvalue weighted by atomic mass is 35.5. The lowest BCUT2D eigenvalue weighted by Crippen LogP contribution is -2.11. The van der Waals surface area contributed by atoms with Gasteiger partial charge in [-0.2, -0.15) is 0 Å². The molecule has 2 aromatic rings. The van der Waals surface area contributed by atoms with E-state index in [0.717, 1.165) is 30.3 Å². The molecule has 0 aromatic heterocycles. The van der Waals surface area contributed by atoms with Crippen molar-refractivity contribution in [2.24, 2.45) is 0 Å². The maximum Gasteiger partial charge on any atom is 0.350 e. The van der Waals surface area contributed by atoms with Crippen molar-refractivity contribution in [1.29, 1.82) is 0 Å². The van der Waals surface area contributed by atoms with Crippen LogP contribution in [0.5, 0.6) is 5.75 Å². The number of hydrogen-bond donors (Lipinski definition) is 0. The zero-order valence-electron chi connectivity index (χ0n) is 11.1. The van der Waals surface area contributed by atoms with Crippen molar-refractivity contribution in [2.45, 2.75) is 0 Å². The molecule has 0 radical (unpaired) electrons. The van der Waals surface area contributed by atoms with Crippen LogP contribution < -0.4 is 4.74 Å². The Bertz CT molecular complexity index is 824. The van der Waals surface area contributed by atoms with Crippen molar-refractivity contribution in [2.75, 3.05) is 0 Å². The Labute approximate surface area is 138 Å². The lowest BCUT2D eigenvalue weighted by Gasteiger charge is -2.06. The molecule has 10 heteroatoms. The standard InChI is InChI=1S/C13H6Cl2N2O6/c14-7-1-3-9(11(5-7)17(21)22)13(18)23-12-4-2-8(16(19)20)6-10(12)15/h1-6H. The molecule has 0 heterocycles. The van der Waals surface area contributed by atoms with Gasteiger partial charge in [0.2, 0.25) is 0 Å². The van der Waals surface area contributed by atoms with Crippen LogP contribution in [0.25, 0.3) is 0 Å². The fourth-order valence-corrected chi connectivity index (χ4v) is 2.05. The van der Waals surface area contributed by atoms with E-state index >= 15 is 0 Å². The Morgan fingerprint density at radius 3 is 2.26 bits per heavy atom. The maximum atomic E-state index is 12.1. The summed E-state index contributed by atoms with van der Waals surface area (Å²) in [7, 11) is 0. The van der Waals surface area contributed by atoms with Crippen LogP contribution in [-0.2, 0) is 0 Å².